The smallest absolute Gasteiger partial charge is 0.234 e. The minimum atomic E-state index is 0.472. The van der Waals surface area contributed by atoms with Crippen LogP contribution in [-0.4, -0.2) is 31.8 Å². The zero-order valence-corrected chi connectivity index (χ0v) is 19.6. The first-order valence-corrected chi connectivity index (χ1v) is 11.2. The summed E-state index contributed by atoms with van der Waals surface area (Å²) in [5.74, 6) is 1.39. The van der Waals surface area contributed by atoms with Gasteiger partial charge in [0.25, 0.3) is 0 Å². The minimum absolute atomic E-state index is 0.472. The van der Waals surface area contributed by atoms with Gasteiger partial charge < -0.3 is 19.7 Å². The van der Waals surface area contributed by atoms with E-state index in [1.807, 2.05) is 79.0 Å². The van der Waals surface area contributed by atoms with Crippen LogP contribution in [0, 0.1) is 0 Å². The van der Waals surface area contributed by atoms with E-state index in [-0.39, 0.29) is 0 Å². The van der Waals surface area contributed by atoms with Crippen LogP contribution in [0.15, 0.2) is 95.3 Å². The maximum absolute atomic E-state index is 6.09. The van der Waals surface area contributed by atoms with Crippen LogP contribution in [0.4, 0.5) is 0 Å². The quantitative estimate of drug-likeness (QED) is 0.458. The second-order valence-corrected chi connectivity index (χ2v) is 8.05. The molecule has 5 nitrogen and oxygen atoms in total. The van der Waals surface area contributed by atoms with Crippen LogP contribution in [0.3, 0.4) is 0 Å². The summed E-state index contributed by atoms with van der Waals surface area (Å²) in [5.41, 5.74) is 12.8. The second kappa shape index (κ2) is 10.9. The SMILES string of the molecule is [B]n1cccc1/C(CCN)=C1N=C(/C=C/c2ccc(OC)c(OCc3ccccc3)c2)C=C\1C. The molecule has 2 aromatic carbocycles. The maximum Gasteiger partial charge on any atom is 0.234 e. The molecule has 3 aromatic rings. The van der Waals surface area contributed by atoms with Gasteiger partial charge in [-0.05, 0) is 79.2 Å². The zero-order chi connectivity index (χ0) is 23.9. The van der Waals surface area contributed by atoms with Crippen molar-refractivity contribution < 1.29 is 9.47 Å². The van der Waals surface area contributed by atoms with Gasteiger partial charge in [-0.25, -0.2) is 4.99 Å². The van der Waals surface area contributed by atoms with Crippen LogP contribution < -0.4 is 15.2 Å². The summed E-state index contributed by atoms with van der Waals surface area (Å²) in [5, 5.41) is 0. The minimum Gasteiger partial charge on any atom is -0.493 e. The largest absolute Gasteiger partial charge is 0.493 e. The molecule has 0 saturated heterocycles. The van der Waals surface area contributed by atoms with Gasteiger partial charge >= 0.3 is 0 Å². The van der Waals surface area contributed by atoms with Crippen molar-refractivity contribution in [3.05, 3.63) is 107 Å². The van der Waals surface area contributed by atoms with Gasteiger partial charge in [0.1, 0.15) is 6.61 Å². The van der Waals surface area contributed by atoms with Gasteiger partial charge in [0.15, 0.2) is 11.5 Å². The van der Waals surface area contributed by atoms with E-state index in [0.717, 1.165) is 39.4 Å². The summed E-state index contributed by atoms with van der Waals surface area (Å²) in [6.45, 7) is 3.05. The number of ether oxygens (including phenoxy) is 2. The molecule has 6 heteroatoms. The van der Waals surface area contributed by atoms with Crippen LogP contribution in [0.5, 0.6) is 11.5 Å². The van der Waals surface area contributed by atoms with E-state index in [1.54, 1.807) is 11.6 Å². The van der Waals surface area contributed by atoms with Gasteiger partial charge in [0.2, 0.25) is 7.98 Å². The molecular formula is C28H28BN3O2. The van der Waals surface area contributed by atoms with E-state index in [0.29, 0.717) is 31.1 Å². The summed E-state index contributed by atoms with van der Waals surface area (Å²) in [7, 11) is 7.74. The third-order valence-corrected chi connectivity index (χ3v) is 5.62. The highest BCUT2D eigenvalue weighted by Crippen LogP contribution is 2.32. The molecule has 1 aliphatic heterocycles. The third kappa shape index (κ3) is 5.41. The predicted octanol–water partition coefficient (Wildman–Crippen LogP) is 5.18. The second-order valence-electron chi connectivity index (χ2n) is 8.05. The Labute approximate surface area is 202 Å². The standard InChI is InChI=1S/C28H28BN3O2/c1-20-17-23(31-28(20)24(14-15-30)25-9-6-16-32(25)29)12-10-21-11-13-26(33-2)27(18-21)34-19-22-7-4-3-5-8-22/h3-13,16-18H,14-15,19,30H2,1-2H3/b12-10+,28-24-. The first-order valence-electron chi connectivity index (χ1n) is 11.2. The topological polar surface area (TPSA) is 61.8 Å². The van der Waals surface area contributed by atoms with Crippen molar-refractivity contribution in [2.75, 3.05) is 13.7 Å². The lowest BCUT2D eigenvalue weighted by molar-refractivity contribution is 0.284. The number of benzene rings is 2. The Morgan fingerprint density at radius 2 is 1.88 bits per heavy atom. The number of nitrogens with zero attached hydrogens (tertiary/aromatic N) is 2. The molecule has 0 unspecified atom stereocenters. The molecule has 0 spiro atoms. The van der Waals surface area contributed by atoms with Crippen molar-refractivity contribution >= 4 is 25.3 Å². The lowest BCUT2D eigenvalue weighted by Crippen LogP contribution is -2.05. The maximum atomic E-state index is 6.09. The van der Waals surface area contributed by atoms with Crippen molar-refractivity contribution in [1.29, 1.82) is 0 Å². The molecular weight excluding hydrogens is 421 g/mol. The molecule has 0 atom stereocenters. The van der Waals surface area contributed by atoms with Crippen LogP contribution in [0.1, 0.15) is 30.2 Å². The van der Waals surface area contributed by atoms with Crippen LogP contribution in [0.2, 0.25) is 0 Å². The number of aromatic nitrogens is 1. The number of nitrogens with two attached hydrogens (primary N) is 1. The molecule has 1 aliphatic rings. The molecule has 0 fully saturated rings. The molecule has 1 aromatic heterocycles. The Morgan fingerprint density at radius 3 is 2.59 bits per heavy atom. The predicted molar refractivity (Wildman–Crippen MR) is 140 cm³/mol. The van der Waals surface area contributed by atoms with Crippen molar-refractivity contribution in [3.8, 4) is 11.5 Å². The van der Waals surface area contributed by atoms with Crippen LogP contribution >= 0.6 is 0 Å². The van der Waals surface area contributed by atoms with Gasteiger partial charge in [-0.2, -0.15) is 0 Å². The van der Waals surface area contributed by atoms with Crippen molar-refractivity contribution in [1.82, 2.24) is 4.48 Å². The summed E-state index contributed by atoms with van der Waals surface area (Å²) in [4.78, 5) is 4.87. The number of aliphatic imine (C=N–C) groups is 1. The monoisotopic (exact) mass is 449 g/mol. The molecule has 0 aliphatic carbocycles. The molecule has 4 rings (SSSR count). The van der Waals surface area contributed by atoms with Gasteiger partial charge in [0.05, 0.1) is 18.5 Å². The summed E-state index contributed by atoms with van der Waals surface area (Å²) in [6.07, 6.45) is 8.62. The average Bonchev–Trinajstić information content (AvgIpc) is 3.45. The van der Waals surface area contributed by atoms with Gasteiger partial charge in [-0.15, -0.1) is 0 Å². The normalized spacial score (nSPS) is 14.8. The fraction of sp³-hybridized carbons (Fsp3) is 0.179. The lowest BCUT2D eigenvalue weighted by Gasteiger charge is -2.12. The van der Waals surface area contributed by atoms with Crippen molar-refractivity contribution in [3.63, 3.8) is 0 Å². The van der Waals surface area contributed by atoms with Gasteiger partial charge in [0, 0.05) is 11.3 Å². The number of methoxy groups -OCH3 is 1. The van der Waals surface area contributed by atoms with Crippen LogP contribution in [0.25, 0.3) is 11.6 Å². The van der Waals surface area contributed by atoms with Crippen LogP contribution in [-0.2, 0) is 6.61 Å². The van der Waals surface area contributed by atoms with Gasteiger partial charge in [-0.3, -0.25) is 0 Å². The Balaban J connectivity index is 1.57. The van der Waals surface area contributed by atoms with E-state index in [9.17, 15) is 0 Å². The van der Waals surface area contributed by atoms with E-state index in [2.05, 4.69) is 13.0 Å². The lowest BCUT2D eigenvalue weighted by atomic mass is 10.0. The molecule has 0 saturated carbocycles. The van der Waals surface area contributed by atoms with E-state index in [1.165, 1.54) is 0 Å². The number of rotatable bonds is 9. The summed E-state index contributed by atoms with van der Waals surface area (Å²) < 4.78 is 13.1. The first kappa shape index (κ1) is 23.4. The van der Waals surface area contributed by atoms with Crippen molar-refractivity contribution in [2.45, 2.75) is 20.0 Å². The first-order chi connectivity index (χ1) is 16.6. The highest BCUT2D eigenvalue weighted by molar-refractivity contribution is 6.11. The van der Waals surface area contributed by atoms with E-state index < -0.39 is 0 Å². The van der Waals surface area contributed by atoms with Gasteiger partial charge in [-0.1, -0.05) is 42.5 Å². The van der Waals surface area contributed by atoms with E-state index in [4.69, 9.17) is 28.2 Å². The Kier molecular flexibility index (Phi) is 7.50. The fourth-order valence-electron chi connectivity index (χ4n) is 3.92. The Hall–Kier alpha value is -3.77. The molecule has 34 heavy (non-hydrogen) atoms. The highest BCUT2D eigenvalue weighted by Gasteiger charge is 2.17. The zero-order valence-electron chi connectivity index (χ0n) is 19.6. The summed E-state index contributed by atoms with van der Waals surface area (Å²) >= 11 is 0. The molecule has 0 amide bonds. The average molecular weight is 449 g/mol. The number of hydrogen-bond acceptors (Lipinski definition) is 4. The Morgan fingerprint density at radius 1 is 1.06 bits per heavy atom. The molecule has 2 heterocycles. The number of allylic oxidation sites excluding steroid dienone is 3. The fourth-order valence-corrected chi connectivity index (χ4v) is 3.92. The third-order valence-electron chi connectivity index (χ3n) is 5.62. The molecule has 2 radical (unpaired) electrons. The Bertz CT molecular complexity index is 1270. The van der Waals surface area contributed by atoms with E-state index >= 15 is 0 Å². The summed E-state index contributed by atoms with van der Waals surface area (Å²) in [6, 6.07) is 19.9. The highest BCUT2D eigenvalue weighted by atomic mass is 16.5. The molecule has 0 bridgehead atoms. The molecule has 170 valence electrons. The number of hydrogen-bond donors (Lipinski definition) is 1. The van der Waals surface area contributed by atoms with Crippen molar-refractivity contribution in [2.24, 2.45) is 10.7 Å². The molecule has 2 N–H and O–H groups in total.